The summed E-state index contributed by atoms with van der Waals surface area (Å²) in [5, 5.41) is 12.1. The molecule has 2 heterocycles. The third-order valence-corrected chi connectivity index (χ3v) is 4.16. The largest absolute Gasteiger partial charge is 0.486 e. The highest BCUT2D eigenvalue weighted by atomic mass is 16.6. The number of carbonyl (C=O) groups is 2. The fraction of sp³-hybridized carbons (Fsp3) is 0.353. The van der Waals surface area contributed by atoms with Crippen LogP contribution in [0.3, 0.4) is 0 Å². The Bertz CT molecular complexity index is 813. The number of nitrogens with zero attached hydrogens (tertiary/aromatic N) is 1. The van der Waals surface area contributed by atoms with Gasteiger partial charge in [-0.25, -0.2) is 0 Å². The van der Waals surface area contributed by atoms with Gasteiger partial charge in [0.1, 0.15) is 13.2 Å². The van der Waals surface area contributed by atoms with E-state index in [9.17, 15) is 9.59 Å². The molecule has 2 amide bonds. The van der Waals surface area contributed by atoms with E-state index in [2.05, 4.69) is 20.8 Å². The summed E-state index contributed by atoms with van der Waals surface area (Å²) >= 11 is 0. The van der Waals surface area contributed by atoms with Crippen LogP contribution in [0.25, 0.3) is 0 Å². The summed E-state index contributed by atoms with van der Waals surface area (Å²) in [5.41, 5.74) is 0.839. The minimum Gasteiger partial charge on any atom is -0.486 e. The van der Waals surface area contributed by atoms with Crippen LogP contribution in [0.15, 0.2) is 24.4 Å². The molecule has 3 N–H and O–H groups in total. The third kappa shape index (κ3) is 3.28. The zero-order valence-electron chi connectivity index (χ0n) is 13.5. The molecule has 8 nitrogen and oxygen atoms in total. The van der Waals surface area contributed by atoms with E-state index in [0.29, 0.717) is 48.4 Å². The van der Waals surface area contributed by atoms with Crippen LogP contribution in [-0.4, -0.2) is 41.8 Å². The molecule has 25 heavy (non-hydrogen) atoms. The first kappa shape index (κ1) is 15.5. The Morgan fingerprint density at radius 2 is 2.04 bits per heavy atom. The average molecular weight is 342 g/mol. The van der Waals surface area contributed by atoms with Gasteiger partial charge in [0.05, 0.1) is 11.3 Å². The smallest absolute Gasteiger partial charge is 0.273 e. The first-order valence-electron chi connectivity index (χ1n) is 8.24. The first-order chi connectivity index (χ1) is 12.2. The van der Waals surface area contributed by atoms with Gasteiger partial charge in [0.2, 0.25) is 0 Å². The quantitative estimate of drug-likeness (QED) is 0.765. The number of fused-ring (bicyclic) bond motifs is 1. The lowest BCUT2D eigenvalue weighted by Gasteiger charge is -2.20. The van der Waals surface area contributed by atoms with Gasteiger partial charge in [-0.05, 0) is 30.9 Å². The molecule has 1 fully saturated rings. The highest BCUT2D eigenvalue weighted by Gasteiger charge is 2.25. The van der Waals surface area contributed by atoms with E-state index in [-0.39, 0.29) is 17.5 Å². The molecule has 1 aromatic carbocycles. The normalized spacial score (nSPS) is 15.5. The van der Waals surface area contributed by atoms with Crippen molar-refractivity contribution in [2.75, 3.05) is 25.1 Å². The third-order valence-electron chi connectivity index (χ3n) is 4.16. The Kier molecular flexibility index (Phi) is 4.01. The van der Waals surface area contributed by atoms with Crippen molar-refractivity contribution in [3.8, 4) is 11.5 Å². The zero-order chi connectivity index (χ0) is 17.2. The number of aromatic amines is 1. The number of hydrogen-bond donors (Lipinski definition) is 3. The van der Waals surface area contributed by atoms with Crippen molar-refractivity contribution in [1.29, 1.82) is 0 Å². The van der Waals surface area contributed by atoms with Crippen LogP contribution in [0.5, 0.6) is 11.5 Å². The molecule has 1 aliphatic carbocycles. The van der Waals surface area contributed by atoms with E-state index < -0.39 is 0 Å². The molecule has 0 spiro atoms. The van der Waals surface area contributed by atoms with E-state index >= 15 is 0 Å². The second-order valence-electron chi connectivity index (χ2n) is 6.08. The van der Waals surface area contributed by atoms with Crippen LogP contribution < -0.4 is 20.1 Å². The summed E-state index contributed by atoms with van der Waals surface area (Å²) in [4.78, 5) is 24.8. The monoisotopic (exact) mass is 342 g/mol. The van der Waals surface area contributed by atoms with E-state index in [1.807, 2.05) is 0 Å². The Balaban J connectivity index is 1.50. The van der Waals surface area contributed by atoms with Crippen LogP contribution in [0.2, 0.25) is 0 Å². The second-order valence-corrected chi connectivity index (χ2v) is 6.08. The van der Waals surface area contributed by atoms with Crippen molar-refractivity contribution in [2.24, 2.45) is 5.92 Å². The van der Waals surface area contributed by atoms with Gasteiger partial charge >= 0.3 is 0 Å². The summed E-state index contributed by atoms with van der Waals surface area (Å²) in [6.07, 6.45) is 3.77. The van der Waals surface area contributed by atoms with Crippen LogP contribution in [0, 0.1) is 5.92 Å². The SMILES string of the molecule is O=C(Nc1c[nH]nc1C(=O)NCC1CC1)c1cccc2c1OCCO2. The van der Waals surface area contributed by atoms with E-state index in [4.69, 9.17) is 9.47 Å². The number of benzene rings is 1. The van der Waals surface area contributed by atoms with Gasteiger partial charge in [0.15, 0.2) is 17.2 Å². The maximum atomic E-state index is 12.6. The molecule has 1 aliphatic heterocycles. The van der Waals surface area contributed by atoms with Crippen molar-refractivity contribution >= 4 is 17.5 Å². The van der Waals surface area contributed by atoms with Gasteiger partial charge in [-0.1, -0.05) is 6.07 Å². The van der Waals surface area contributed by atoms with Gasteiger partial charge < -0.3 is 20.1 Å². The van der Waals surface area contributed by atoms with Gasteiger partial charge in [0.25, 0.3) is 11.8 Å². The van der Waals surface area contributed by atoms with Gasteiger partial charge in [-0.3, -0.25) is 14.7 Å². The van der Waals surface area contributed by atoms with Gasteiger partial charge in [0, 0.05) is 12.7 Å². The molecule has 0 bridgehead atoms. The van der Waals surface area contributed by atoms with E-state index in [0.717, 1.165) is 12.8 Å². The zero-order valence-corrected chi connectivity index (χ0v) is 13.5. The number of ether oxygens (including phenoxy) is 2. The highest BCUT2D eigenvalue weighted by molar-refractivity contribution is 6.09. The Morgan fingerprint density at radius 3 is 2.88 bits per heavy atom. The number of nitrogens with one attached hydrogen (secondary N) is 3. The number of para-hydroxylation sites is 1. The van der Waals surface area contributed by atoms with E-state index in [1.54, 1.807) is 18.2 Å². The summed E-state index contributed by atoms with van der Waals surface area (Å²) in [6.45, 7) is 1.47. The number of carbonyl (C=O) groups excluding carboxylic acids is 2. The molecule has 2 aliphatic rings. The lowest BCUT2D eigenvalue weighted by Crippen LogP contribution is -2.27. The van der Waals surface area contributed by atoms with Gasteiger partial charge in [-0.15, -0.1) is 0 Å². The molecule has 2 aromatic rings. The van der Waals surface area contributed by atoms with Crippen LogP contribution in [0.4, 0.5) is 5.69 Å². The lowest BCUT2D eigenvalue weighted by molar-refractivity contribution is 0.0947. The van der Waals surface area contributed by atoms with E-state index in [1.165, 1.54) is 6.20 Å². The molecule has 4 rings (SSSR count). The maximum absolute atomic E-state index is 12.6. The summed E-state index contributed by atoms with van der Waals surface area (Å²) < 4.78 is 11.0. The van der Waals surface area contributed by atoms with Crippen molar-refractivity contribution in [1.82, 2.24) is 15.5 Å². The number of H-pyrrole nitrogens is 1. The summed E-state index contributed by atoms with van der Waals surface area (Å²) in [7, 11) is 0. The fourth-order valence-electron chi connectivity index (χ4n) is 2.64. The molecule has 8 heteroatoms. The standard InChI is InChI=1S/C17H18N4O4/c22-16(11-2-1-3-13-15(11)25-7-6-24-13)20-12-9-19-21-14(12)17(23)18-8-10-4-5-10/h1-3,9-10H,4-8H2,(H,18,23)(H,19,21)(H,20,22). The molecule has 130 valence electrons. The van der Waals surface area contributed by atoms with Crippen molar-refractivity contribution in [2.45, 2.75) is 12.8 Å². The van der Waals surface area contributed by atoms with Crippen LogP contribution in [-0.2, 0) is 0 Å². The number of amides is 2. The summed E-state index contributed by atoms with van der Waals surface area (Å²) in [6, 6.07) is 5.12. The predicted octanol–water partition coefficient (Wildman–Crippen LogP) is 1.57. The minimum atomic E-state index is -0.389. The number of anilines is 1. The second kappa shape index (κ2) is 6.46. The molecular weight excluding hydrogens is 324 g/mol. The maximum Gasteiger partial charge on any atom is 0.273 e. The van der Waals surface area contributed by atoms with Gasteiger partial charge in [-0.2, -0.15) is 5.10 Å². The van der Waals surface area contributed by atoms with Crippen molar-refractivity contribution in [3.05, 3.63) is 35.7 Å². The number of rotatable bonds is 5. The molecule has 1 saturated carbocycles. The Labute approximate surface area is 143 Å². The first-order valence-corrected chi connectivity index (χ1v) is 8.24. The topological polar surface area (TPSA) is 105 Å². The number of hydrogen-bond acceptors (Lipinski definition) is 5. The molecule has 0 saturated heterocycles. The lowest BCUT2D eigenvalue weighted by atomic mass is 10.1. The van der Waals surface area contributed by atoms with Crippen LogP contribution >= 0.6 is 0 Å². The summed E-state index contributed by atoms with van der Waals surface area (Å²) in [5.74, 6) is 0.815. The van der Waals surface area contributed by atoms with Crippen molar-refractivity contribution in [3.63, 3.8) is 0 Å². The van der Waals surface area contributed by atoms with Crippen molar-refractivity contribution < 1.29 is 19.1 Å². The Hall–Kier alpha value is -3.03. The predicted molar refractivity (Wildman–Crippen MR) is 89.0 cm³/mol. The molecule has 1 aromatic heterocycles. The molecule has 0 radical (unpaired) electrons. The minimum absolute atomic E-state index is 0.163. The molecule has 0 unspecified atom stereocenters. The molecule has 0 atom stereocenters. The Morgan fingerprint density at radius 1 is 1.20 bits per heavy atom. The van der Waals surface area contributed by atoms with Crippen LogP contribution in [0.1, 0.15) is 33.7 Å². The highest BCUT2D eigenvalue weighted by Crippen LogP contribution is 2.34. The fourth-order valence-corrected chi connectivity index (χ4v) is 2.64. The number of aromatic nitrogens is 2. The average Bonchev–Trinajstić information content (AvgIpc) is 3.36. The molecular formula is C17H18N4O4.